The van der Waals surface area contributed by atoms with Gasteiger partial charge < -0.3 is 5.73 Å². The quantitative estimate of drug-likeness (QED) is 0.129. The van der Waals surface area contributed by atoms with Crippen LogP contribution in [-0.4, -0.2) is 21.9 Å². The molecule has 0 saturated heterocycles. The second-order valence-electron chi connectivity index (χ2n) is 11.5. The Morgan fingerprint density at radius 1 is 0.814 bits per heavy atom. The van der Waals surface area contributed by atoms with E-state index in [9.17, 15) is 0 Å². The maximum absolute atomic E-state index is 6.14. The van der Waals surface area contributed by atoms with Crippen LogP contribution in [0.1, 0.15) is 72.8 Å². The standard InChI is InChI=1S/C39H35N4/c1-26(27-14-20-41-21-15-27)31(13-19-40)37-32-9-5-6-10-33(32)38(35-18-24-43-39(35)29-16-22-42-23-17-29)36-25-30(11-12-34(36)37)28-7-3-2-4-8-28/h5-6,9-25,28H,2-4,7-8,40H2,1H3/q+1/b19-13-,31-26-. The van der Waals surface area contributed by atoms with E-state index in [4.69, 9.17) is 10.4 Å². The number of allylic oxidation sites excluding steroid dienone is 5. The van der Waals surface area contributed by atoms with Gasteiger partial charge in [0.1, 0.15) is 0 Å². The molecule has 4 heteroatoms. The zero-order valence-electron chi connectivity index (χ0n) is 24.5. The third kappa shape index (κ3) is 4.90. The number of nitrogens with zero attached hydrogens (tertiary/aromatic N) is 3. The maximum Gasteiger partial charge on any atom is 0.342 e. The molecule has 5 aromatic rings. The fraction of sp³-hybridized carbons (Fsp3) is 0.179. The Morgan fingerprint density at radius 3 is 2.26 bits per heavy atom. The molecule has 2 aromatic heterocycles. The highest BCUT2D eigenvalue weighted by atomic mass is 14.6. The molecule has 1 aliphatic heterocycles. The third-order valence-corrected chi connectivity index (χ3v) is 9.10. The van der Waals surface area contributed by atoms with E-state index < -0.39 is 0 Å². The lowest BCUT2D eigenvalue weighted by Gasteiger charge is -2.24. The van der Waals surface area contributed by atoms with Gasteiger partial charge in [0.15, 0.2) is 0 Å². The SMILES string of the molecule is C/C(=C(\C=C/N)c1c2ccccc2c(C2=CC=[N+]=C2c2ccncc2)c2cc(C3CCCCC3)ccc12)c1ccncc1. The monoisotopic (exact) mass is 559 g/mol. The Labute approximate surface area is 252 Å². The number of rotatable bonds is 6. The lowest BCUT2D eigenvalue weighted by atomic mass is 9.79. The van der Waals surface area contributed by atoms with Crippen LogP contribution in [0, 0.1) is 0 Å². The summed E-state index contributed by atoms with van der Waals surface area (Å²) in [4.78, 5) is 8.52. The van der Waals surface area contributed by atoms with Crippen LogP contribution in [0.4, 0.5) is 0 Å². The maximum atomic E-state index is 6.14. The first-order chi connectivity index (χ1) is 21.2. The summed E-state index contributed by atoms with van der Waals surface area (Å²) in [6, 6.07) is 24.2. The van der Waals surface area contributed by atoms with E-state index in [1.165, 1.54) is 70.3 Å². The molecule has 1 aliphatic carbocycles. The van der Waals surface area contributed by atoms with Gasteiger partial charge in [-0.25, -0.2) is 0 Å². The second-order valence-corrected chi connectivity index (χ2v) is 11.5. The fourth-order valence-corrected chi connectivity index (χ4v) is 6.99. The van der Waals surface area contributed by atoms with Gasteiger partial charge in [-0.2, -0.15) is 0 Å². The second kappa shape index (κ2) is 11.7. The van der Waals surface area contributed by atoms with Gasteiger partial charge in [0, 0.05) is 36.4 Å². The van der Waals surface area contributed by atoms with Crippen molar-refractivity contribution in [1.82, 2.24) is 14.6 Å². The molecule has 2 aliphatic rings. The normalized spacial score (nSPS) is 16.1. The van der Waals surface area contributed by atoms with E-state index in [-0.39, 0.29) is 0 Å². The Bertz CT molecular complexity index is 1990. The van der Waals surface area contributed by atoms with Crippen molar-refractivity contribution in [2.45, 2.75) is 44.9 Å². The van der Waals surface area contributed by atoms with Gasteiger partial charge in [-0.1, -0.05) is 66.4 Å². The summed E-state index contributed by atoms with van der Waals surface area (Å²) in [5.74, 6) is 0.593. The Kier molecular flexibility index (Phi) is 7.28. The predicted octanol–water partition coefficient (Wildman–Crippen LogP) is 8.26. The van der Waals surface area contributed by atoms with Gasteiger partial charge >= 0.3 is 5.71 Å². The molecule has 210 valence electrons. The van der Waals surface area contributed by atoms with E-state index in [0.29, 0.717) is 5.92 Å². The van der Waals surface area contributed by atoms with Crippen molar-refractivity contribution in [3.63, 3.8) is 0 Å². The minimum Gasteiger partial charge on any atom is -0.405 e. The van der Waals surface area contributed by atoms with Crippen molar-refractivity contribution in [2.75, 3.05) is 0 Å². The van der Waals surface area contributed by atoms with Gasteiger partial charge in [0.25, 0.3) is 6.21 Å². The molecule has 7 rings (SSSR count). The van der Waals surface area contributed by atoms with Gasteiger partial charge in [-0.15, -0.1) is 0 Å². The van der Waals surface area contributed by atoms with Crippen molar-refractivity contribution in [3.8, 4) is 0 Å². The summed E-state index contributed by atoms with van der Waals surface area (Å²) in [6.07, 6.45) is 21.6. The number of hydrogen-bond donors (Lipinski definition) is 1. The Hall–Kier alpha value is -5.05. The smallest absolute Gasteiger partial charge is 0.342 e. The van der Waals surface area contributed by atoms with E-state index in [1.807, 2.05) is 43.1 Å². The molecule has 1 fully saturated rings. The van der Waals surface area contributed by atoms with Crippen LogP contribution in [0.5, 0.6) is 0 Å². The van der Waals surface area contributed by atoms with Crippen LogP contribution in [0.2, 0.25) is 0 Å². The molecule has 0 atom stereocenters. The average molecular weight is 560 g/mol. The minimum atomic E-state index is 0.593. The summed E-state index contributed by atoms with van der Waals surface area (Å²) in [5, 5.41) is 4.88. The summed E-state index contributed by atoms with van der Waals surface area (Å²) >= 11 is 0. The van der Waals surface area contributed by atoms with Gasteiger partial charge in [-0.05, 0) is 112 Å². The van der Waals surface area contributed by atoms with E-state index in [0.717, 1.165) is 33.6 Å². The summed E-state index contributed by atoms with van der Waals surface area (Å²) in [6.45, 7) is 2.18. The van der Waals surface area contributed by atoms with Crippen molar-refractivity contribution in [2.24, 2.45) is 5.73 Å². The van der Waals surface area contributed by atoms with Crippen LogP contribution >= 0.6 is 0 Å². The molecule has 1 saturated carbocycles. The molecule has 43 heavy (non-hydrogen) atoms. The number of pyridine rings is 2. The van der Waals surface area contributed by atoms with Crippen molar-refractivity contribution < 1.29 is 0 Å². The summed E-state index contributed by atoms with van der Waals surface area (Å²) in [5.41, 5.74) is 16.6. The lowest BCUT2D eigenvalue weighted by molar-refractivity contribution is 0.444. The molecule has 0 radical (unpaired) electrons. The molecular formula is C39H35N4+. The molecule has 0 bridgehead atoms. The molecule has 3 heterocycles. The lowest BCUT2D eigenvalue weighted by Crippen LogP contribution is -2.08. The molecule has 2 N–H and O–H groups in total. The van der Waals surface area contributed by atoms with Crippen LogP contribution < -0.4 is 10.4 Å². The van der Waals surface area contributed by atoms with Crippen molar-refractivity contribution >= 4 is 50.2 Å². The van der Waals surface area contributed by atoms with Gasteiger partial charge in [0.2, 0.25) is 0 Å². The summed E-state index contributed by atoms with van der Waals surface area (Å²) < 4.78 is 4.87. The van der Waals surface area contributed by atoms with Gasteiger partial charge in [0.05, 0.1) is 11.1 Å². The highest BCUT2D eigenvalue weighted by Gasteiger charge is 2.30. The molecule has 0 spiro atoms. The first kappa shape index (κ1) is 26.8. The number of nitrogens with two attached hydrogens (primary N) is 1. The van der Waals surface area contributed by atoms with Crippen LogP contribution in [0.15, 0.2) is 110 Å². The van der Waals surface area contributed by atoms with Crippen LogP contribution in [-0.2, 0) is 0 Å². The fourth-order valence-electron chi connectivity index (χ4n) is 6.99. The average Bonchev–Trinajstić information content (AvgIpc) is 3.56. The number of aromatic nitrogens is 2. The first-order valence-corrected chi connectivity index (χ1v) is 15.3. The third-order valence-electron chi connectivity index (χ3n) is 9.10. The van der Waals surface area contributed by atoms with E-state index >= 15 is 0 Å². The molecule has 4 nitrogen and oxygen atoms in total. The topological polar surface area (TPSA) is 65.9 Å². The summed E-state index contributed by atoms with van der Waals surface area (Å²) in [7, 11) is 0. The number of fused-ring (bicyclic) bond motifs is 2. The molecule has 3 aromatic carbocycles. The number of hydrogen-bond acceptors (Lipinski definition) is 3. The van der Waals surface area contributed by atoms with Crippen molar-refractivity contribution in [1.29, 1.82) is 0 Å². The van der Waals surface area contributed by atoms with Crippen molar-refractivity contribution in [3.05, 3.63) is 138 Å². The van der Waals surface area contributed by atoms with Crippen LogP contribution in [0.3, 0.4) is 0 Å². The highest BCUT2D eigenvalue weighted by Crippen LogP contribution is 2.44. The molecular weight excluding hydrogens is 524 g/mol. The highest BCUT2D eigenvalue weighted by molar-refractivity contribution is 6.40. The Balaban J connectivity index is 1.57. The molecule has 0 amide bonds. The Morgan fingerprint density at radius 2 is 1.51 bits per heavy atom. The van der Waals surface area contributed by atoms with E-state index in [2.05, 4.69) is 83.6 Å². The zero-order valence-corrected chi connectivity index (χ0v) is 24.5. The van der Waals surface area contributed by atoms with Crippen LogP contribution in [0.25, 0.3) is 38.3 Å². The first-order valence-electron chi connectivity index (χ1n) is 15.3. The van der Waals surface area contributed by atoms with E-state index in [1.54, 1.807) is 6.20 Å². The molecule has 0 unspecified atom stereocenters. The number of benzene rings is 3. The zero-order chi connectivity index (χ0) is 29.2. The minimum absolute atomic E-state index is 0.593. The predicted molar refractivity (Wildman–Crippen MR) is 182 cm³/mol. The van der Waals surface area contributed by atoms with Gasteiger partial charge in [-0.3, -0.25) is 9.97 Å². The largest absolute Gasteiger partial charge is 0.405 e.